The van der Waals surface area contributed by atoms with Gasteiger partial charge in [0, 0.05) is 12.6 Å². The first-order valence-corrected chi connectivity index (χ1v) is 7.09. The molecule has 1 N–H and O–H groups in total. The zero-order valence-corrected chi connectivity index (χ0v) is 11.8. The molecule has 2 unspecified atom stereocenters. The van der Waals surface area contributed by atoms with Crippen LogP contribution in [0.1, 0.15) is 37.3 Å². The monoisotopic (exact) mass is 261 g/mol. The van der Waals surface area contributed by atoms with E-state index < -0.39 is 0 Å². The van der Waals surface area contributed by atoms with E-state index in [-0.39, 0.29) is 18.1 Å². The molecule has 3 nitrogen and oxygen atoms in total. The lowest BCUT2D eigenvalue weighted by Gasteiger charge is -2.25. The quantitative estimate of drug-likeness (QED) is 0.903. The maximum atomic E-state index is 12.3. The number of hydrogen-bond donors (Lipinski definition) is 1. The minimum absolute atomic E-state index is 0.187. The number of aryl methyl sites for hydroxylation is 1. The fraction of sp³-hybridized carbons (Fsp3) is 0.562. The molecule has 104 valence electrons. The lowest BCUT2D eigenvalue weighted by Crippen LogP contribution is -2.38. The molecule has 1 heterocycles. The average Bonchev–Trinajstić information content (AvgIpc) is 2.79. The van der Waals surface area contributed by atoms with Crippen LogP contribution in [0.2, 0.25) is 0 Å². The summed E-state index contributed by atoms with van der Waals surface area (Å²) in [7, 11) is 0. The molecule has 0 radical (unpaired) electrons. The molecule has 3 heteroatoms. The van der Waals surface area contributed by atoms with Crippen LogP contribution < -0.4 is 0 Å². The molecule has 1 fully saturated rings. The van der Waals surface area contributed by atoms with Gasteiger partial charge in [-0.3, -0.25) is 4.79 Å². The summed E-state index contributed by atoms with van der Waals surface area (Å²) in [5, 5.41) is 9.49. The van der Waals surface area contributed by atoms with Crippen molar-refractivity contribution in [2.24, 2.45) is 0 Å². The molecule has 0 spiro atoms. The van der Waals surface area contributed by atoms with Gasteiger partial charge in [-0.25, -0.2) is 0 Å². The van der Waals surface area contributed by atoms with Crippen LogP contribution in [0.15, 0.2) is 24.3 Å². The van der Waals surface area contributed by atoms with Crippen LogP contribution >= 0.6 is 0 Å². The Hall–Kier alpha value is -1.35. The smallest absolute Gasteiger partial charge is 0.227 e. The van der Waals surface area contributed by atoms with Gasteiger partial charge >= 0.3 is 0 Å². The summed E-state index contributed by atoms with van der Waals surface area (Å²) in [6.45, 7) is 4.67. The van der Waals surface area contributed by atoms with Gasteiger partial charge in [0.25, 0.3) is 0 Å². The Morgan fingerprint density at radius 1 is 1.42 bits per heavy atom. The predicted octanol–water partition coefficient (Wildman–Crippen LogP) is 2.30. The Labute approximate surface area is 115 Å². The summed E-state index contributed by atoms with van der Waals surface area (Å²) in [5.74, 6) is 0.187. The molecule has 1 aliphatic heterocycles. The fourth-order valence-electron chi connectivity index (χ4n) is 2.78. The molecule has 1 aromatic carbocycles. The van der Waals surface area contributed by atoms with Gasteiger partial charge in [0.15, 0.2) is 0 Å². The number of aliphatic hydroxyl groups excluding tert-OH is 1. The molecular weight excluding hydrogens is 238 g/mol. The highest BCUT2D eigenvalue weighted by Gasteiger charge is 2.29. The van der Waals surface area contributed by atoms with E-state index in [9.17, 15) is 9.90 Å². The van der Waals surface area contributed by atoms with Gasteiger partial charge in [-0.05, 0) is 38.7 Å². The van der Waals surface area contributed by atoms with Gasteiger partial charge in [-0.2, -0.15) is 0 Å². The lowest BCUT2D eigenvalue weighted by molar-refractivity contribution is -0.131. The summed E-state index contributed by atoms with van der Waals surface area (Å²) >= 11 is 0. The highest BCUT2D eigenvalue weighted by Crippen LogP contribution is 2.22. The number of carbonyl (C=O) groups excluding carboxylic acids is 1. The van der Waals surface area contributed by atoms with Crippen LogP contribution in [0.4, 0.5) is 0 Å². The Morgan fingerprint density at radius 2 is 2.11 bits per heavy atom. The third-order valence-corrected chi connectivity index (χ3v) is 3.79. The van der Waals surface area contributed by atoms with E-state index in [2.05, 4.69) is 0 Å². The molecule has 0 aliphatic carbocycles. The van der Waals surface area contributed by atoms with Gasteiger partial charge in [-0.1, -0.05) is 29.8 Å². The number of amides is 1. The van der Waals surface area contributed by atoms with Crippen molar-refractivity contribution in [3.05, 3.63) is 35.4 Å². The topological polar surface area (TPSA) is 40.5 Å². The Morgan fingerprint density at radius 3 is 2.74 bits per heavy atom. The van der Waals surface area contributed by atoms with Crippen molar-refractivity contribution < 1.29 is 9.90 Å². The maximum absolute atomic E-state index is 12.3. The Balaban J connectivity index is 1.97. The fourth-order valence-corrected chi connectivity index (χ4v) is 2.78. The highest BCUT2D eigenvalue weighted by molar-refractivity contribution is 5.79. The number of hydrogen-bond acceptors (Lipinski definition) is 2. The molecule has 0 aromatic heterocycles. The zero-order valence-electron chi connectivity index (χ0n) is 11.8. The predicted molar refractivity (Wildman–Crippen MR) is 75.9 cm³/mol. The third kappa shape index (κ3) is 3.80. The van der Waals surface area contributed by atoms with Crippen LogP contribution in [-0.2, 0) is 11.2 Å². The minimum Gasteiger partial charge on any atom is -0.393 e. The lowest BCUT2D eigenvalue weighted by atomic mass is 10.1. The van der Waals surface area contributed by atoms with Crippen LogP contribution in [-0.4, -0.2) is 34.6 Å². The first-order chi connectivity index (χ1) is 9.06. The molecule has 19 heavy (non-hydrogen) atoms. The van der Waals surface area contributed by atoms with E-state index in [1.54, 1.807) is 6.92 Å². The summed E-state index contributed by atoms with van der Waals surface area (Å²) in [4.78, 5) is 14.3. The van der Waals surface area contributed by atoms with Crippen LogP contribution in [0, 0.1) is 6.92 Å². The normalized spacial score (nSPS) is 20.6. The molecule has 0 saturated carbocycles. The second kappa shape index (κ2) is 6.20. The summed E-state index contributed by atoms with van der Waals surface area (Å²) in [6, 6.07) is 8.35. The summed E-state index contributed by atoms with van der Waals surface area (Å²) < 4.78 is 0. The van der Waals surface area contributed by atoms with E-state index in [4.69, 9.17) is 0 Å². The second-order valence-electron chi connectivity index (χ2n) is 5.63. The van der Waals surface area contributed by atoms with Crippen molar-refractivity contribution in [1.29, 1.82) is 0 Å². The number of rotatable bonds is 4. The first-order valence-electron chi connectivity index (χ1n) is 7.09. The van der Waals surface area contributed by atoms with Crippen molar-refractivity contribution in [3.8, 4) is 0 Å². The van der Waals surface area contributed by atoms with Crippen LogP contribution in [0.3, 0.4) is 0 Å². The molecule has 1 saturated heterocycles. The van der Waals surface area contributed by atoms with Crippen molar-refractivity contribution in [2.45, 2.75) is 51.7 Å². The first kappa shape index (κ1) is 14.1. The summed E-state index contributed by atoms with van der Waals surface area (Å²) in [6.07, 6.45) is 2.90. The number of aliphatic hydroxyl groups is 1. The Kier molecular flexibility index (Phi) is 4.59. The van der Waals surface area contributed by atoms with E-state index in [0.29, 0.717) is 12.8 Å². The SMILES string of the molecule is Cc1ccc(CC(=O)N2CCCC2CC(C)O)cc1. The maximum Gasteiger partial charge on any atom is 0.227 e. The molecular formula is C16H23NO2. The Bertz CT molecular complexity index is 425. The third-order valence-electron chi connectivity index (χ3n) is 3.79. The zero-order chi connectivity index (χ0) is 13.8. The van der Waals surface area contributed by atoms with Crippen molar-refractivity contribution in [1.82, 2.24) is 4.90 Å². The number of nitrogens with zero attached hydrogens (tertiary/aromatic N) is 1. The highest BCUT2D eigenvalue weighted by atomic mass is 16.3. The standard InChI is InChI=1S/C16H23NO2/c1-12-5-7-14(8-6-12)11-16(19)17-9-3-4-15(17)10-13(2)18/h5-8,13,15,18H,3-4,9-11H2,1-2H3. The van der Waals surface area contributed by atoms with E-state index >= 15 is 0 Å². The van der Waals surface area contributed by atoms with E-state index in [1.165, 1.54) is 5.56 Å². The largest absolute Gasteiger partial charge is 0.393 e. The van der Waals surface area contributed by atoms with Gasteiger partial charge in [-0.15, -0.1) is 0 Å². The number of carbonyl (C=O) groups is 1. The number of benzene rings is 1. The molecule has 1 amide bonds. The van der Waals surface area contributed by atoms with Gasteiger partial charge in [0.1, 0.15) is 0 Å². The van der Waals surface area contributed by atoms with Crippen LogP contribution in [0.25, 0.3) is 0 Å². The van der Waals surface area contributed by atoms with Gasteiger partial charge < -0.3 is 10.0 Å². The average molecular weight is 261 g/mol. The van der Waals surface area contributed by atoms with Crippen molar-refractivity contribution in [3.63, 3.8) is 0 Å². The van der Waals surface area contributed by atoms with Gasteiger partial charge in [0.05, 0.1) is 12.5 Å². The van der Waals surface area contributed by atoms with E-state index in [1.807, 2.05) is 36.1 Å². The van der Waals surface area contributed by atoms with E-state index in [0.717, 1.165) is 24.9 Å². The van der Waals surface area contributed by atoms with Crippen LogP contribution in [0.5, 0.6) is 0 Å². The molecule has 2 atom stereocenters. The second-order valence-corrected chi connectivity index (χ2v) is 5.63. The molecule has 1 aliphatic rings. The minimum atomic E-state index is -0.335. The summed E-state index contributed by atoms with van der Waals surface area (Å²) in [5.41, 5.74) is 2.28. The van der Waals surface area contributed by atoms with Crippen molar-refractivity contribution in [2.75, 3.05) is 6.54 Å². The molecule has 1 aromatic rings. The molecule has 2 rings (SSSR count). The van der Waals surface area contributed by atoms with Gasteiger partial charge in [0.2, 0.25) is 5.91 Å². The molecule has 0 bridgehead atoms. The number of likely N-dealkylation sites (tertiary alicyclic amines) is 1. The van der Waals surface area contributed by atoms with Crippen molar-refractivity contribution >= 4 is 5.91 Å².